The number of rotatable bonds is 4. The van der Waals surface area contributed by atoms with Gasteiger partial charge in [-0.2, -0.15) is 0 Å². The molecule has 0 fully saturated rings. The molecular formula is C13H16N2O2. The van der Waals surface area contributed by atoms with E-state index in [-0.39, 0.29) is 0 Å². The Hall–Kier alpha value is -1.81. The molecule has 4 nitrogen and oxygen atoms in total. The van der Waals surface area contributed by atoms with Crippen LogP contribution in [-0.4, -0.2) is 18.9 Å². The Morgan fingerprint density at radius 3 is 2.94 bits per heavy atom. The zero-order chi connectivity index (χ0) is 12.3. The number of nitrogens with zero attached hydrogens (tertiary/aromatic N) is 1. The first-order valence-electron chi connectivity index (χ1n) is 5.52. The second-order valence-electron chi connectivity index (χ2n) is 3.98. The van der Waals surface area contributed by atoms with Crippen LogP contribution in [0, 0.1) is 6.92 Å². The Bertz CT molecular complexity index is 506. The van der Waals surface area contributed by atoms with Crippen molar-refractivity contribution >= 4 is 5.88 Å². The summed E-state index contributed by atoms with van der Waals surface area (Å²) >= 11 is 0. The fourth-order valence-corrected chi connectivity index (χ4v) is 1.82. The SMILES string of the molecule is COCCc1noc(N)c1-c1cccc(C)c1. The van der Waals surface area contributed by atoms with E-state index in [2.05, 4.69) is 11.2 Å². The van der Waals surface area contributed by atoms with Crippen LogP contribution >= 0.6 is 0 Å². The third-order valence-electron chi connectivity index (χ3n) is 2.64. The van der Waals surface area contributed by atoms with Gasteiger partial charge in [-0.25, -0.2) is 0 Å². The Morgan fingerprint density at radius 2 is 2.24 bits per heavy atom. The minimum atomic E-state index is 0.363. The largest absolute Gasteiger partial charge is 0.384 e. The molecule has 0 bridgehead atoms. The zero-order valence-corrected chi connectivity index (χ0v) is 10.1. The monoisotopic (exact) mass is 232 g/mol. The topological polar surface area (TPSA) is 61.3 Å². The molecule has 1 aromatic carbocycles. The summed E-state index contributed by atoms with van der Waals surface area (Å²) in [5.74, 6) is 0.363. The van der Waals surface area contributed by atoms with E-state index < -0.39 is 0 Å². The van der Waals surface area contributed by atoms with Gasteiger partial charge in [0, 0.05) is 13.5 Å². The number of hydrogen-bond acceptors (Lipinski definition) is 4. The molecule has 17 heavy (non-hydrogen) atoms. The minimum Gasteiger partial charge on any atom is -0.384 e. The van der Waals surface area contributed by atoms with Gasteiger partial charge in [-0.15, -0.1) is 0 Å². The van der Waals surface area contributed by atoms with E-state index >= 15 is 0 Å². The fourth-order valence-electron chi connectivity index (χ4n) is 1.82. The summed E-state index contributed by atoms with van der Waals surface area (Å²) in [6.45, 7) is 2.65. The van der Waals surface area contributed by atoms with Gasteiger partial charge < -0.3 is 15.0 Å². The van der Waals surface area contributed by atoms with E-state index in [1.165, 1.54) is 5.56 Å². The van der Waals surface area contributed by atoms with Gasteiger partial charge in [0.05, 0.1) is 17.9 Å². The number of anilines is 1. The van der Waals surface area contributed by atoms with E-state index in [1.54, 1.807) is 7.11 Å². The molecule has 2 aromatic rings. The van der Waals surface area contributed by atoms with Crippen molar-refractivity contribution < 1.29 is 9.26 Å². The number of methoxy groups -OCH3 is 1. The number of aromatic nitrogens is 1. The summed E-state index contributed by atoms with van der Waals surface area (Å²) in [5, 5.41) is 3.98. The number of nitrogen functional groups attached to an aromatic ring is 1. The van der Waals surface area contributed by atoms with Crippen LogP contribution in [0.5, 0.6) is 0 Å². The van der Waals surface area contributed by atoms with Crippen LogP contribution in [0.1, 0.15) is 11.3 Å². The Kier molecular flexibility index (Phi) is 3.44. The van der Waals surface area contributed by atoms with E-state index in [1.807, 2.05) is 25.1 Å². The number of hydrogen-bond donors (Lipinski definition) is 1. The van der Waals surface area contributed by atoms with Crippen LogP contribution in [-0.2, 0) is 11.2 Å². The molecular weight excluding hydrogens is 216 g/mol. The molecule has 2 rings (SSSR count). The van der Waals surface area contributed by atoms with Crippen molar-refractivity contribution in [3.05, 3.63) is 35.5 Å². The lowest BCUT2D eigenvalue weighted by Gasteiger charge is -2.03. The first kappa shape index (κ1) is 11.7. The third kappa shape index (κ3) is 2.47. The quantitative estimate of drug-likeness (QED) is 0.879. The molecule has 0 aliphatic carbocycles. The molecule has 0 atom stereocenters. The molecule has 0 aliphatic rings. The average molecular weight is 232 g/mol. The van der Waals surface area contributed by atoms with Gasteiger partial charge in [-0.05, 0) is 12.5 Å². The predicted octanol–water partition coefficient (Wildman–Crippen LogP) is 2.42. The van der Waals surface area contributed by atoms with Crippen LogP contribution in [0.2, 0.25) is 0 Å². The second kappa shape index (κ2) is 5.01. The Balaban J connectivity index is 2.39. The van der Waals surface area contributed by atoms with Gasteiger partial charge >= 0.3 is 0 Å². The Morgan fingerprint density at radius 1 is 1.41 bits per heavy atom. The lowest BCUT2D eigenvalue weighted by atomic mass is 10.0. The van der Waals surface area contributed by atoms with Crippen molar-refractivity contribution in [2.24, 2.45) is 0 Å². The van der Waals surface area contributed by atoms with Crippen LogP contribution in [0.4, 0.5) is 5.88 Å². The molecule has 0 saturated carbocycles. The summed E-state index contributed by atoms with van der Waals surface area (Å²) in [6.07, 6.45) is 0.695. The Labute approximate surface area is 100 Å². The molecule has 1 aromatic heterocycles. The molecule has 0 radical (unpaired) electrons. The normalized spacial score (nSPS) is 10.7. The summed E-state index contributed by atoms with van der Waals surface area (Å²) in [7, 11) is 1.66. The van der Waals surface area contributed by atoms with Gasteiger partial charge in [0.1, 0.15) is 0 Å². The highest BCUT2D eigenvalue weighted by molar-refractivity contribution is 5.75. The highest BCUT2D eigenvalue weighted by Gasteiger charge is 2.15. The molecule has 4 heteroatoms. The van der Waals surface area contributed by atoms with Crippen molar-refractivity contribution in [1.82, 2.24) is 5.16 Å². The van der Waals surface area contributed by atoms with Gasteiger partial charge in [-0.1, -0.05) is 35.0 Å². The van der Waals surface area contributed by atoms with E-state index in [0.717, 1.165) is 16.8 Å². The first-order valence-corrected chi connectivity index (χ1v) is 5.52. The van der Waals surface area contributed by atoms with Crippen LogP contribution in [0.15, 0.2) is 28.8 Å². The zero-order valence-electron chi connectivity index (χ0n) is 10.1. The van der Waals surface area contributed by atoms with Crippen LogP contribution in [0.25, 0.3) is 11.1 Å². The van der Waals surface area contributed by atoms with Crippen molar-refractivity contribution in [1.29, 1.82) is 0 Å². The fraction of sp³-hybridized carbons (Fsp3) is 0.308. The number of aryl methyl sites for hydroxylation is 1. The third-order valence-corrected chi connectivity index (χ3v) is 2.64. The lowest BCUT2D eigenvalue weighted by Crippen LogP contribution is -1.97. The number of nitrogens with two attached hydrogens (primary N) is 1. The average Bonchev–Trinajstić information content (AvgIpc) is 2.68. The predicted molar refractivity (Wildman–Crippen MR) is 66.7 cm³/mol. The molecule has 90 valence electrons. The van der Waals surface area contributed by atoms with Crippen molar-refractivity contribution in [2.75, 3.05) is 19.5 Å². The van der Waals surface area contributed by atoms with Crippen molar-refractivity contribution in [2.45, 2.75) is 13.3 Å². The van der Waals surface area contributed by atoms with E-state index in [0.29, 0.717) is 18.9 Å². The molecule has 0 aliphatic heterocycles. The summed E-state index contributed by atoms with van der Waals surface area (Å²) in [6, 6.07) is 8.12. The second-order valence-corrected chi connectivity index (χ2v) is 3.98. The smallest absolute Gasteiger partial charge is 0.230 e. The number of benzene rings is 1. The molecule has 0 spiro atoms. The van der Waals surface area contributed by atoms with E-state index in [4.69, 9.17) is 15.0 Å². The molecule has 0 unspecified atom stereocenters. The standard InChI is InChI=1S/C13H16N2O2/c1-9-4-3-5-10(8-9)12-11(6-7-16-2)15-17-13(12)14/h3-5,8H,6-7,14H2,1-2H3. The van der Waals surface area contributed by atoms with E-state index in [9.17, 15) is 0 Å². The summed E-state index contributed by atoms with van der Waals surface area (Å²) < 4.78 is 10.1. The highest BCUT2D eigenvalue weighted by atomic mass is 16.5. The van der Waals surface area contributed by atoms with Gasteiger partial charge in [0.25, 0.3) is 0 Å². The van der Waals surface area contributed by atoms with Crippen LogP contribution in [0.3, 0.4) is 0 Å². The maximum Gasteiger partial charge on any atom is 0.230 e. The molecule has 1 heterocycles. The van der Waals surface area contributed by atoms with Crippen LogP contribution < -0.4 is 5.73 Å². The van der Waals surface area contributed by atoms with Crippen molar-refractivity contribution in [3.63, 3.8) is 0 Å². The van der Waals surface area contributed by atoms with Gasteiger partial charge in [-0.3, -0.25) is 0 Å². The summed E-state index contributed by atoms with van der Waals surface area (Å²) in [5.41, 5.74) is 9.77. The molecule has 0 amide bonds. The highest BCUT2D eigenvalue weighted by Crippen LogP contribution is 2.30. The first-order chi connectivity index (χ1) is 8.22. The van der Waals surface area contributed by atoms with Gasteiger partial charge in [0.15, 0.2) is 0 Å². The van der Waals surface area contributed by atoms with Crippen molar-refractivity contribution in [3.8, 4) is 11.1 Å². The molecule has 2 N–H and O–H groups in total. The maximum absolute atomic E-state index is 5.83. The molecule has 0 saturated heterocycles. The maximum atomic E-state index is 5.83. The lowest BCUT2D eigenvalue weighted by molar-refractivity contribution is 0.200. The summed E-state index contributed by atoms with van der Waals surface area (Å²) in [4.78, 5) is 0. The minimum absolute atomic E-state index is 0.363. The van der Waals surface area contributed by atoms with Gasteiger partial charge in [0.2, 0.25) is 5.88 Å². The number of ether oxygens (including phenoxy) is 1.